The predicted molar refractivity (Wildman–Crippen MR) is 47.9 cm³/mol. The second-order valence-electron chi connectivity index (χ2n) is 2.20. The number of halogens is 1. The summed E-state index contributed by atoms with van der Waals surface area (Å²) in [6, 6.07) is 8.94. The molecule has 0 unspecified atom stereocenters. The van der Waals surface area contributed by atoms with Crippen LogP contribution in [0, 0.1) is 0 Å². The Kier molecular flexibility index (Phi) is 2.88. The van der Waals surface area contributed by atoms with E-state index < -0.39 is 5.97 Å². The lowest BCUT2D eigenvalue weighted by molar-refractivity contribution is -0.131. The quantitative estimate of drug-likeness (QED) is 0.713. The number of hydrogen-bond donors (Lipinski definition) is 1. The van der Waals surface area contributed by atoms with Gasteiger partial charge in [-0.15, -0.1) is 0 Å². The molecule has 0 fully saturated rings. The molecule has 62 valence electrons. The Morgan fingerprint density at radius 2 is 1.92 bits per heavy atom. The second kappa shape index (κ2) is 3.93. The van der Waals surface area contributed by atoms with Crippen LogP contribution in [0.2, 0.25) is 0 Å². The topological polar surface area (TPSA) is 37.3 Å². The first kappa shape index (κ1) is 8.81. The van der Waals surface area contributed by atoms with E-state index in [-0.39, 0.29) is 5.03 Å². The van der Waals surface area contributed by atoms with E-state index in [1.807, 2.05) is 6.07 Å². The van der Waals surface area contributed by atoms with Gasteiger partial charge in [0.1, 0.15) is 0 Å². The number of carboxylic acids is 1. The van der Waals surface area contributed by atoms with E-state index >= 15 is 0 Å². The summed E-state index contributed by atoms with van der Waals surface area (Å²) in [5, 5.41) is 8.62. The molecule has 0 atom stereocenters. The molecule has 0 aromatic heterocycles. The van der Waals surface area contributed by atoms with Gasteiger partial charge in [-0.3, -0.25) is 0 Å². The van der Waals surface area contributed by atoms with E-state index in [9.17, 15) is 4.79 Å². The average molecular weight is 183 g/mol. The van der Waals surface area contributed by atoms with Crippen LogP contribution in [0.3, 0.4) is 0 Å². The summed E-state index contributed by atoms with van der Waals surface area (Å²) in [5.74, 6) is -1.04. The molecule has 0 spiro atoms. The predicted octanol–water partition coefficient (Wildman–Crippen LogP) is 2.35. The lowest BCUT2D eigenvalue weighted by Crippen LogP contribution is -1.88. The van der Waals surface area contributed by atoms with Crippen LogP contribution >= 0.6 is 11.6 Å². The molecule has 0 aliphatic heterocycles. The summed E-state index contributed by atoms with van der Waals surface area (Å²) in [5.41, 5.74) is 0.710. The number of benzene rings is 1. The number of carboxylic acid groups (broad SMARTS) is 1. The number of rotatable bonds is 2. The maximum Gasteiger partial charge on any atom is 0.329 e. The molecular weight excluding hydrogens is 176 g/mol. The Balaban J connectivity index is 2.93. The lowest BCUT2D eigenvalue weighted by atomic mass is 10.2. The summed E-state index contributed by atoms with van der Waals surface area (Å²) in [6.07, 6.45) is 0.969. The average Bonchev–Trinajstić information content (AvgIpc) is 2.05. The number of aliphatic carboxylic acids is 1. The molecular formula is C9H7ClO2. The summed E-state index contributed by atoms with van der Waals surface area (Å²) in [4.78, 5) is 10.2. The first-order chi connectivity index (χ1) is 5.70. The van der Waals surface area contributed by atoms with Crippen LogP contribution in [0.25, 0.3) is 5.03 Å². The van der Waals surface area contributed by atoms with E-state index in [1.165, 1.54) is 0 Å². The second-order valence-corrected chi connectivity index (χ2v) is 2.60. The maximum absolute atomic E-state index is 10.2. The van der Waals surface area contributed by atoms with Crippen LogP contribution in [-0.4, -0.2) is 11.1 Å². The van der Waals surface area contributed by atoms with Crippen LogP contribution in [0.1, 0.15) is 5.56 Å². The molecule has 1 rings (SSSR count). The maximum atomic E-state index is 10.2. The zero-order valence-corrected chi connectivity index (χ0v) is 6.95. The lowest BCUT2D eigenvalue weighted by Gasteiger charge is -1.95. The fourth-order valence-corrected chi connectivity index (χ4v) is 1.01. The fraction of sp³-hybridized carbons (Fsp3) is 0. The number of carbonyl (C=O) groups is 1. The van der Waals surface area contributed by atoms with Gasteiger partial charge in [0.15, 0.2) is 0 Å². The largest absolute Gasteiger partial charge is 0.478 e. The molecule has 0 heterocycles. The van der Waals surface area contributed by atoms with Gasteiger partial charge in [-0.05, 0) is 5.56 Å². The molecule has 0 saturated carbocycles. The Hall–Kier alpha value is -1.28. The van der Waals surface area contributed by atoms with Crippen molar-refractivity contribution in [2.24, 2.45) is 0 Å². The van der Waals surface area contributed by atoms with Crippen molar-refractivity contribution in [1.29, 1.82) is 0 Å². The standard InChI is InChI=1S/C9H7ClO2/c10-8(6-9(11)12)7-4-2-1-3-5-7/h1-6H,(H,11,12)/b8-6+. The van der Waals surface area contributed by atoms with Gasteiger partial charge in [-0.25, -0.2) is 4.79 Å². The van der Waals surface area contributed by atoms with E-state index in [1.54, 1.807) is 24.3 Å². The Labute approximate surface area is 75.1 Å². The summed E-state index contributed by atoms with van der Waals surface area (Å²) in [7, 11) is 0. The zero-order valence-electron chi connectivity index (χ0n) is 6.20. The van der Waals surface area contributed by atoms with E-state index in [0.29, 0.717) is 5.56 Å². The molecule has 12 heavy (non-hydrogen) atoms. The van der Waals surface area contributed by atoms with Crippen molar-refractivity contribution in [2.75, 3.05) is 0 Å². The first-order valence-corrected chi connectivity index (χ1v) is 3.73. The highest BCUT2D eigenvalue weighted by Crippen LogP contribution is 2.17. The molecule has 0 aliphatic rings. The molecule has 1 aromatic rings. The minimum Gasteiger partial charge on any atom is -0.478 e. The fourth-order valence-electron chi connectivity index (χ4n) is 0.789. The van der Waals surface area contributed by atoms with E-state index in [2.05, 4.69) is 0 Å². The smallest absolute Gasteiger partial charge is 0.329 e. The molecule has 2 nitrogen and oxygen atoms in total. The Morgan fingerprint density at radius 3 is 2.42 bits per heavy atom. The molecule has 1 N–H and O–H groups in total. The van der Waals surface area contributed by atoms with Crippen molar-refractivity contribution in [3.63, 3.8) is 0 Å². The van der Waals surface area contributed by atoms with Crippen LogP contribution in [0.4, 0.5) is 0 Å². The highest BCUT2D eigenvalue weighted by molar-refractivity contribution is 6.50. The van der Waals surface area contributed by atoms with Crippen LogP contribution in [0.5, 0.6) is 0 Å². The van der Waals surface area contributed by atoms with E-state index in [0.717, 1.165) is 6.08 Å². The highest BCUT2D eigenvalue weighted by Gasteiger charge is 1.98. The molecule has 0 radical (unpaired) electrons. The van der Waals surface area contributed by atoms with Gasteiger partial charge in [0, 0.05) is 6.08 Å². The third-order valence-corrected chi connectivity index (χ3v) is 1.63. The van der Waals surface area contributed by atoms with Crippen molar-refractivity contribution in [3.8, 4) is 0 Å². The SMILES string of the molecule is O=C(O)/C=C(/Cl)c1ccccc1. The zero-order chi connectivity index (χ0) is 8.97. The first-order valence-electron chi connectivity index (χ1n) is 3.35. The van der Waals surface area contributed by atoms with Gasteiger partial charge in [-0.1, -0.05) is 41.9 Å². The monoisotopic (exact) mass is 182 g/mol. The van der Waals surface area contributed by atoms with Crippen molar-refractivity contribution in [1.82, 2.24) is 0 Å². The van der Waals surface area contributed by atoms with Crippen LogP contribution < -0.4 is 0 Å². The number of hydrogen-bond acceptors (Lipinski definition) is 1. The summed E-state index contributed by atoms with van der Waals surface area (Å²) < 4.78 is 0. The van der Waals surface area contributed by atoms with Gasteiger partial charge in [0.05, 0.1) is 5.03 Å². The normalized spacial score (nSPS) is 11.2. The van der Waals surface area contributed by atoms with Gasteiger partial charge >= 0.3 is 5.97 Å². The minimum atomic E-state index is -1.04. The van der Waals surface area contributed by atoms with Gasteiger partial charge in [0.25, 0.3) is 0 Å². The molecule has 0 aliphatic carbocycles. The van der Waals surface area contributed by atoms with Crippen molar-refractivity contribution in [2.45, 2.75) is 0 Å². The summed E-state index contributed by atoms with van der Waals surface area (Å²) >= 11 is 5.68. The van der Waals surface area contributed by atoms with Gasteiger partial charge in [-0.2, -0.15) is 0 Å². The highest BCUT2D eigenvalue weighted by atomic mass is 35.5. The third kappa shape index (κ3) is 2.40. The van der Waals surface area contributed by atoms with E-state index in [4.69, 9.17) is 16.7 Å². The van der Waals surface area contributed by atoms with Crippen molar-refractivity contribution >= 4 is 22.6 Å². The third-order valence-electron chi connectivity index (χ3n) is 1.30. The molecule has 0 bridgehead atoms. The Bertz CT molecular complexity index is 304. The van der Waals surface area contributed by atoms with Crippen molar-refractivity contribution in [3.05, 3.63) is 42.0 Å². The summed E-state index contributed by atoms with van der Waals surface area (Å²) in [6.45, 7) is 0. The van der Waals surface area contributed by atoms with Crippen LogP contribution in [-0.2, 0) is 4.79 Å². The molecule has 1 aromatic carbocycles. The molecule has 0 amide bonds. The van der Waals surface area contributed by atoms with Crippen molar-refractivity contribution < 1.29 is 9.90 Å². The van der Waals surface area contributed by atoms with Crippen LogP contribution in [0.15, 0.2) is 36.4 Å². The molecule has 3 heteroatoms. The minimum absolute atomic E-state index is 0.239. The van der Waals surface area contributed by atoms with Gasteiger partial charge < -0.3 is 5.11 Å². The molecule has 0 saturated heterocycles. The van der Waals surface area contributed by atoms with Gasteiger partial charge in [0.2, 0.25) is 0 Å². The Morgan fingerprint density at radius 1 is 1.33 bits per heavy atom.